The highest BCUT2D eigenvalue weighted by Gasteiger charge is 2.42. The van der Waals surface area contributed by atoms with Crippen molar-refractivity contribution in [2.75, 3.05) is 0 Å². The fourth-order valence-corrected chi connectivity index (χ4v) is 4.19. The Morgan fingerprint density at radius 3 is 2.37 bits per heavy atom. The van der Waals surface area contributed by atoms with Crippen LogP contribution < -0.4 is 5.32 Å². The number of para-hydroxylation sites is 1. The largest absolute Gasteiger partial charge is 0.444 e. The summed E-state index contributed by atoms with van der Waals surface area (Å²) in [5.41, 5.74) is 1.01. The van der Waals surface area contributed by atoms with Crippen molar-refractivity contribution in [3.63, 3.8) is 0 Å². The number of ether oxygens (including phenoxy) is 1. The maximum absolute atomic E-state index is 13.1. The van der Waals surface area contributed by atoms with Crippen molar-refractivity contribution in [2.24, 2.45) is 0 Å². The van der Waals surface area contributed by atoms with Gasteiger partial charge in [0.25, 0.3) is 11.6 Å². The van der Waals surface area contributed by atoms with E-state index in [0.29, 0.717) is 11.1 Å². The van der Waals surface area contributed by atoms with Crippen LogP contribution in [-0.4, -0.2) is 28.9 Å². The van der Waals surface area contributed by atoms with Crippen molar-refractivity contribution in [3.05, 3.63) is 75.8 Å². The summed E-state index contributed by atoms with van der Waals surface area (Å²) in [4.78, 5) is 37.0. The van der Waals surface area contributed by atoms with E-state index in [1.165, 1.54) is 18.2 Å². The van der Waals surface area contributed by atoms with Gasteiger partial charge in [-0.2, -0.15) is 0 Å². The molecule has 0 aromatic heterocycles. The lowest BCUT2D eigenvalue weighted by Crippen LogP contribution is -2.43. The summed E-state index contributed by atoms with van der Waals surface area (Å²) in [6, 6.07) is 15.0. The third kappa shape index (κ3) is 3.83. The summed E-state index contributed by atoms with van der Waals surface area (Å²) < 4.78 is 5.49. The minimum absolute atomic E-state index is 0.0529. The Morgan fingerprint density at radius 1 is 1.00 bits per heavy atom. The summed E-state index contributed by atoms with van der Waals surface area (Å²) in [6.07, 6.45) is 3.91. The van der Waals surface area contributed by atoms with Crippen LogP contribution in [0.25, 0.3) is 11.1 Å². The number of rotatable bonds is 5. The fourth-order valence-electron chi connectivity index (χ4n) is 4.19. The summed E-state index contributed by atoms with van der Waals surface area (Å²) in [5, 5.41) is 14.6. The summed E-state index contributed by atoms with van der Waals surface area (Å²) >= 11 is 0. The van der Waals surface area contributed by atoms with E-state index in [4.69, 9.17) is 4.74 Å². The van der Waals surface area contributed by atoms with Crippen molar-refractivity contribution in [2.45, 2.75) is 44.2 Å². The van der Waals surface area contributed by atoms with Crippen LogP contribution in [0.15, 0.2) is 54.6 Å². The standard InChI is InChI=1S/C23H22N2O5/c26-22(24-16-11-5-2-6-12-16)21-19(15-9-3-1-4-10-15)20(23(27)30-21)17-13-7-8-14-18(17)25(28)29/h1,3-4,7-10,13-14,16,21H,2,5-6,11-12H2,(H,24,26). The average molecular weight is 406 g/mol. The lowest BCUT2D eigenvalue weighted by Gasteiger charge is -2.24. The van der Waals surface area contributed by atoms with Gasteiger partial charge in [-0.25, -0.2) is 4.79 Å². The Kier molecular flexibility index (Phi) is 5.61. The Hall–Kier alpha value is -3.48. The molecular formula is C23H22N2O5. The van der Waals surface area contributed by atoms with Crippen molar-refractivity contribution >= 4 is 28.7 Å². The maximum Gasteiger partial charge on any atom is 0.340 e. The van der Waals surface area contributed by atoms with Crippen molar-refractivity contribution in [1.82, 2.24) is 5.32 Å². The molecule has 1 atom stereocenters. The third-order valence-electron chi connectivity index (χ3n) is 5.61. The van der Waals surface area contributed by atoms with Crippen LogP contribution in [0.3, 0.4) is 0 Å². The maximum atomic E-state index is 13.1. The monoisotopic (exact) mass is 406 g/mol. The van der Waals surface area contributed by atoms with Crippen LogP contribution in [0.5, 0.6) is 0 Å². The first-order valence-electron chi connectivity index (χ1n) is 10.1. The molecule has 1 saturated carbocycles. The van der Waals surface area contributed by atoms with Crippen LogP contribution in [0.4, 0.5) is 5.69 Å². The Balaban J connectivity index is 1.80. The second kappa shape index (κ2) is 8.49. The van der Waals surface area contributed by atoms with Gasteiger partial charge in [0.1, 0.15) is 0 Å². The van der Waals surface area contributed by atoms with Gasteiger partial charge in [0.15, 0.2) is 0 Å². The molecule has 0 radical (unpaired) electrons. The Bertz CT molecular complexity index is 1010. The van der Waals surface area contributed by atoms with Crippen molar-refractivity contribution in [3.8, 4) is 0 Å². The van der Waals surface area contributed by atoms with E-state index in [-0.39, 0.29) is 28.8 Å². The highest BCUT2D eigenvalue weighted by atomic mass is 16.6. The van der Waals surface area contributed by atoms with Gasteiger partial charge in [0, 0.05) is 17.7 Å². The number of nitrogens with one attached hydrogen (secondary N) is 1. The van der Waals surface area contributed by atoms with E-state index in [1.807, 2.05) is 6.07 Å². The summed E-state index contributed by atoms with van der Waals surface area (Å²) in [5.74, 6) is -1.12. The van der Waals surface area contributed by atoms with Gasteiger partial charge in [0.05, 0.1) is 16.1 Å². The molecule has 1 unspecified atom stereocenters. The number of nitro benzene ring substituents is 1. The molecule has 154 valence electrons. The first-order valence-corrected chi connectivity index (χ1v) is 10.1. The number of hydrogen-bond acceptors (Lipinski definition) is 5. The number of nitrogens with zero attached hydrogens (tertiary/aromatic N) is 1. The van der Waals surface area contributed by atoms with Gasteiger partial charge in [-0.3, -0.25) is 14.9 Å². The van der Waals surface area contributed by atoms with Crippen LogP contribution in [0.2, 0.25) is 0 Å². The van der Waals surface area contributed by atoms with Gasteiger partial charge < -0.3 is 10.1 Å². The second-order valence-corrected chi connectivity index (χ2v) is 7.56. The molecule has 7 nitrogen and oxygen atoms in total. The second-order valence-electron chi connectivity index (χ2n) is 7.56. The van der Waals surface area contributed by atoms with E-state index < -0.39 is 17.0 Å². The highest BCUT2D eigenvalue weighted by Crippen LogP contribution is 2.40. The summed E-state index contributed by atoms with van der Waals surface area (Å²) in [7, 11) is 0. The molecule has 1 amide bonds. The molecule has 1 heterocycles. The minimum Gasteiger partial charge on any atom is -0.444 e. The van der Waals surface area contributed by atoms with Crippen LogP contribution in [0, 0.1) is 10.1 Å². The predicted octanol–water partition coefficient (Wildman–Crippen LogP) is 3.88. The van der Waals surface area contributed by atoms with Gasteiger partial charge in [-0.05, 0) is 24.5 Å². The minimum atomic E-state index is -1.14. The van der Waals surface area contributed by atoms with Crippen LogP contribution in [-0.2, 0) is 14.3 Å². The van der Waals surface area contributed by atoms with Gasteiger partial charge in [-0.15, -0.1) is 0 Å². The normalized spacial score (nSPS) is 19.5. The molecule has 2 aromatic carbocycles. The lowest BCUT2D eigenvalue weighted by molar-refractivity contribution is -0.385. The molecule has 0 saturated heterocycles. The molecule has 2 aliphatic rings. The average Bonchev–Trinajstić information content (AvgIpc) is 3.12. The molecule has 1 aliphatic carbocycles. The molecule has 4 rings (SSSR count). The molecule has 0 spiro atoms. The van der Waals surface area contributed by atoms with Gasteiger partial charge in [0.2, 0.25) is 6.10 Å². The third-order valence-corrected chi connectivity index (χ3v) is 5.61. The Morgan fingerprint density at radius 2 is 1.67 bits per heavy atom. The molecule has 2 aromatic rings. The number of amides is 1. The van der Waals surface area contributed by atoms with E-state index in [2.05, 4.69) is 5.32 Å². The van der Waals surface area contributed by atoms with E-state index >= 15 is 0 Å². The number of hydrogen-bond donors (Lipinski definition) is 1. The van der Waals surface area contributed by atoms with Gasteiger partial charge >= 0.3 is 5.97 Å². The molecular weight excluding hydrogens is 384 g/mol. The molecule has 1 aliphatic heterocycles. The first kappa shape index (κ1) is 19.8. The quantitative estimate of drug-likeness (QED) is 0.462. The zero-order valence-electron chi connectivity index (χ0n) is 16.4. The molecule has 1 N–H and O–H groups in total. The van der Waals surface area contributed by atoms with Crippen molar-refractivity contribution < 1.29 is 19.2 Å². The molecule has 0 bridgehead atoms. The SMILES string of the molecule is O=C1OC(C(=O)NC2CCCCC2)C(c2ccccc2)=C1c1ccccc1[N+](=O)[O-]. The van der Waals surface area contributed by atoms with Gasteiger partial charge in [-0.1, -0.05) is 61.7 Å². The number of esters is 1. The van der Waals surface area contributed by atoms with E-state index in [9.17, 15) is 19.7 Å². The topological polar surface area (TPSA) is 98.5 Å². The number of nitro groups is 1. The fraction of sp³-hybridized carbons (Fsp3) is 0.304. The van der Waals surface area contributed by atoms with Crippen LogP contribution in [0.1, 0.15) is 43.2 Å². The number of benzene rings is 2. The first-order chi connectivity index (χ1) is 14.6. The number of cyclic esters (lactones) is 1. The molecule has 30 heavy (non-hydrogen) atoms. The Labute approximate surface area is 173 Å². The number of carbonyl (C=O) groups is 2. The van der Waals surface area contributed by atoms with Crippen molar-refractivity contribution in [1.29, 1.82) is 0 Å². The molecule has 1 fully saturated rings. The molecule has 7 heteroatoms. The zero-order chi connectivity index (χ0) is 21.1. The number of carbonyl (C=O) groups excluding carboxylic acids is 2. The predicted molar refractivity (Wildman–Crippen MR) is 111 cm³/mol. The lowest BCUT2D eigenvalue weighted by atomic mass is 9.91. The zero-order valence-corrected chi connectivity index (χ0v) is 16.4. The summed E-state index contributed by atoms with van der Waals surface area (Å²) in [6.45, 7) is 0. The van der Waals surface area contributed by atoms with Crippen LogP contribution >= 0.6 is 0 Å². The smallest absolute Gasteiger partial charge is 0.340 e. The highest BCUT2D eigenvalue weighted by molar-refractivity contribution is 6.31. The van der Waals surface area contributed by atoms with E-state index in [0.717, 1.165) is 32.1 Å². The van der Waals surface area contributed by atoms with E-state index in [1.54, 1.807) is 30.3 Å².